The third-order valence-electron chi connectivity index (χ3n) is 2.02. The Balaban J connectivity index is 2.77. The molecule has 0 spiro atoms. The number of nitrogens with one attached hydrogen (secondary N) is 2. The number of rotatable bonds is 4. The van der Waals surface area contributed by atoms with Crippen LogP contribution in [0.15, 0.2) is 18.2 Å². The number of carboxylic acid groups (broad SMARTS) is 1. The third kappa shape index (κ3) is 3.78. The SMILES string of the molecule is CC(=O)NCC(=O)Nc1cc(C(=O)O)ccc1O. The van der Waals surface area contributed by atoms with Crippen molar-refractivity contribution in [3.63, 3.8) is 0 Å². The number of phenols is 1. The highest BCUT2D eigenvalue weighted by Crippen LogP contribution is 2.24. The van der Waals surface area contributed by atoms with E-state index in [0.717, 1.165) is 12.1 Å². The summed E-state index contributed by atoms with van der Waals surface area (Å²) in [5, 5.41) is 22.8. The molecular weight excluding hydrogens is 240 g/mol. The lowest BCUT2D eigenvalue weighted by molar-refractivity contribution is -0.122. The Morgan fingerprint density at radius 3 is 2.50 bits per heavy atom. The van der Waals surface area contributed by atoms with E-state index >= 15 is 0 Å². The van der Waals surface area contributed by atoms with E-state index in [1.54, 1.807) is 0 Å². The molecule has 0 aliphatic carbocycles. The van der Waals surface area contributed by atoms with Crippen LogP contribution in [0.2, 0.25) is 0 Å². The van der Waals surface area contributed by atoms with E-state index in [4.69, 9.17) is 5.11 Å². The second kappa shape index (κ2) is 5.67. The third-order valence-corrected chi connectivity index (χ3v) is 2.02. The molecule has 0 bridgehead atoms. The van der Waals surface area contributed by atoms with Crippen LogP contribution in [0, 0.1) is 0 Å². The predicted octanol–water partition coefficient (Wildman–Crippen LogP) is 0.165. The number of carboxylic acids is 1. The minimum atomic E-state index is -1.17. The molecule has 7 nitrogen and oxygen atoms in total. The first-order chi connectivity index (χ1) is 8.40. The fourth-order valence-electron chi connectivity index (χ4n) is 1.17. The van der Waals surface area contributed by atoms with E-state index < -0.39 is 11.9 Å². The largest absolute Gasteiger partial charge is 0.506 e. The lowest BCUT2D eigenvalue weighted by Gasteiger charge is -2.08. The van der Waals surface area contributed by atoms with Gasteiger partial charge in [-0.25, -0.2) is 4.79 Å². The van der Waals surface area contributed by atoms with E-state index in [1.165, 1.54) is 13.0 Å². The van der Waals surface area contributed by atoms with Gasteiger partial charge in [0.25, 0.3) is 0 Å². The average molecular weight is 252 g/mol. The van der Waals surface area contributed by atoms with E-state index in [9.17, 15) is 19.5 Å². The lowest BCUT2D eigenvalue weighted by atomic mass is 10.2. The van der Waals surface area contributed by atoms with Gasteiger partial charge < -0.3 is 20.8 Å². The van der Waals surface area contributed by atoms with Gasteiger partial charge in [-0.2, -0.15) is 0 Å². The minimum absolute atomic E-state index is 0.0229. The van der Waals surface area contributed by atoms with Crippen LogP contribution in [0.4, 0.5) is 5.69 Å². The standard InChI is InChI=1S/C11H12N2O5/c1-6(14)12-5-10(16)13-8-4-7(11(17)18)2-3-9(8)15/h2-4,15H,5H2,1H3,(H,12,14)(H,13,16)(H,17,18). The zero-order valence-corrected chi connectivity index (χ0v) is 9.56. The average Bonchev–Trinajstić information content (AvgIpc) is 2.29. The molecule has 1 rings (SSSR count). The molecule has 0 aliphatic heterocycles. The van der Waals surface area contributed by atoms with Crippen LogP contribution >= 0.6 is 0 Å². The molecule has 0 heterocycles. The number of carbonyl (C=O) groups excluding carboxylic acids is 2. The number of aromatic carboxylic acids is 1. The number of benzene rings is 1. The van der Waals surface area contributed by atoms with Crippen molar-refractivity contribution in [2.75, 3.05) is 11.9 Å². The van der Waals surface area contributed by atoms with Crippen molar-refractivity contribution < 1.29 is 24.6 Å². The Labute approximate surface area is 102 Å². The fraction of sp³-hybridized carbons (Fsp3) is 0.182. The minimum Gasteiger partial charge on any atom is -0.506 e. The van der Waals surface area contributed by atoms with E-state index in [0.29, 0.717) is 0 Å². The van der Waals surface area contributed by atoms with Crippen molar-refractivity contribution in [3.05, 3.63) is 23.8 Å². The first-order valence-corrected chi connectivity index (χ1v) is 5.00. The Kier molecular flexibility index (Phi) is 4.25. The Morgan fingerprint density at radius 2 is 1.94 bits per heavy atom. The summed E-state index contributed by atoms with van der Waals surface area (Å²) in [5.74, 6) is -2.36. The van der Waals surface area contributed by atoms with E-state index in [2.05, 4.69) is 10.6 Å². The maximum absolute atomic E-state index is 11.4. The van der Waals surface area contributed by atoms with Gasteiger partial charge in [0.2, 0.25) is 11.8 Å². The Bertz CT molecular complexity index is 498. The highest BCUT2D eigenvalue weighted by Gasteiger charge is 2.10. The smallest absolute Gasteiger partial charge is 0.335 e. The summed E-state index contributed by atoms with van der Waals surface area (Å²) in [5.41, 5.74) is -0.0899. The van der Waals surface area contributed by atoms with Gasteiger partial charge in [0.15, 0.2) is 0 Å². The summed E-state index contributed by atoms with van der Waals surface area (Å²) in [6, 6.07) is 3.50. The number of hydrogen-bond donors (Lipinski definition) is 4. The van der Waals surface area contributed by atoms with Crippen molar-refractivity contribution in [1.82, 2.24) is 5.32 Å². The van der Waals surface area contributed by atoms with Gasteiger partial charge in [0.1, 0.15) is 5.75 Å². The van der Waals surface area contributed by atoms with Crippen molar-refractivity contribution >= 4 is 23.5 Å². The summed E-state index contributed by atoms with van der Waals surface area (Å²) < 4.78 is 0. The molecule has 0 saturated heterocycles. The highest BCUT2D eigenvalue weighted by molar-refractivity contribution is 5.97. The molecule has 1 aromatic carbocycles. The first-order valence-electron chi connectivity index (χ1n) is 5.00. The zero-order valence-electron chi connectivity index (χ0n) is 9.56. The number of anilines is 1. The number of aromatic hydroxyl groups is 1. The maximum Gasteiger partial charge on any atom is 0.335 e. The molecule has 0 aliphatic rings. The molecule has 0 unspecified atom stereocenters. The molecule has 0 atom stereocenters. The molecule has 0 saturated carbocycles. The van der Waals surface area contributed by atoms with E-state index in [-0.39, 0.29) is 29.5 Å². The summed E-state index contributed by atoms with van der Waals surface area (Å²) in [6.07, 6.45) is 0. The van der Waals surface area contributed by atoms with Gasteiger partial charge in [0.05, 0.1) is 17.8 Å². The molecule has 0 aromatic heterocycles. The molecular formula is C11H12N2O5. The lowest BCUT2D eigenvalue weighted by Crippen LogP contribution is -2.31. The topological polar surface area (TPSA) is 116 Å². The number of carbonyl (C=O) groups is 3. The first kappa shape index (κ1) is 13.5. The molecule has 96 valence electrons. The molecule has 4 N–H and O–H groups in total. The van der Waals surface area contributed by atoms with Gasteiger partial charge in [-0.3, -0.25) is 9.59 Å². The fourth-order valence-corrected chi connectivity index (χ4v) is 1.17. The maximum atomic E-state index is 11.4. The molecule has 0 radical (unpaired) electrons. The van der Waals surface area contributed by atoms with Gasteiger partial charge in [-0.1, -0.05) is 0 Å². The second-order valence-corrected chi connectivity index (χ2v) is 3.49. The summed E-state index contributed by atoms with van der Waals surface area (Å²) in [4.78, 5) is 32.7. The van der Waals surface area contributed by atoms with Crippen molar-refractivity contribution in [2.24, 2.45) is 0 Å². The van der Waals surface area contributed by atoms with Crippen LogP contribution in [0.1, 0.15) is 17.3 Å². The number of amides is 2. The van der Waals surface area contributed by atoms with Crippen LogP contribution < -0.4 is 10.6 Å². The van der Waals surface area contributed by atoms with Gasteiger partial charge >= 0.3 is 5.97 Å². The molecule has 2 amide bonds. The summed E-state index contributed by atoms with van der Waals surface area (Å²) in [6.45, 7) is 1.00. The molecule has 1 aromatic rings. The highest BCUT2D eigenvalue weighted by atomic mass is 16.4. The van der Waals surface area contributed by atoms with Crippen molar-refractivity contribution in [3.8, 4) is 5.75 Å². The van der Waals surface area contributed by atoms with Crippen molar-refractivity contribution in [1.29, 1.82) is 0 Å². The normalized spacial score (nSPS) is 9.61. The predicted molar refractivity (Wildman–Crippen MR) is 62.4 cm³/mol. The molecule has 0 fully saturated rings. The summed E-state index contributed by atoms with van der Waals surface area (Å²) >= 11 is 0. The zero-order chi connectivity index (χ0) is 13.7. The quantitative estimate of drug-likeness (QED) is 0.570. The van der Waals surface area contributed by atoms with Crippen LogP contribution in [-0.4, -0.2) is 34.5 Å². The Hall–Kier alpha value is -2.57. The van der Waals surface area contributed by atoms with Gasteiger partial charge in [-0.15, -0.1) is 0 Å². The van der Waals surface area contributed by atoms with Crippen LogP contribution in [0.3, 0.4) is 0 Å². The van der Waals surface area contributed by atoms with Crippen LogP contribution in [-0.2, 0) is 9.59 Å². The Morgan fingerprint density at radius 1 is 1.28 bits per heavy atom. The monoisotopic (exact) mass is 252 g/mol. The van der Waals surface area contributed by atoms with Gasteiger partial charge in [-0.05, 0) is 18.2 Å². The molecule has 18 heavy (non-hydrogen) atoms. The van der Waals surface area contributed by atoms with Gasteiger partial charge in [0, 0.05) is 6.92 Å². The number of hydrogen-bond acceptors (Lipinski definition) is 4. The second-order valence-electron chi connectivity index (χ2n) is 3.49. The number of phenolic OH excluding ortho intramolecular Hbond substituents is 1. The van der Waals surface area contributed by atoms with Crippen LogP contribution in [0.25, 0.3) is 0 Å². The summed E-state index contributed by atoms with van der Waals surface area (Å²) in [7, 11) is 0. The van der Waals surface area contributed by atoms with Crippen molar-refractivity contribution in [2.45, 2.75) is 6.92 Å². The molecule has 7 heteroatoms. The van der Waals surface area contributed by atoms with E-state index in [1.807, 2.05) is 0 Å². The van der Waals surface area contributed by atoms with Crippen LogP contribution in [0.5, 0.6) is 5.75 Å².